The normalized spacial score (nSPS) is 14.3. The number of morpholine rings is 1. The molecule has 7 nitrogen and oxygen atoms in total. The Bertz CT molecular complexity index is 1230. The number of hydrogen-bond donors (Lipinski definition) is 1. The summed E-state index contributed by atoms with van der Waals surface area (Å²) in [5.41, 5.74) is 3.82. The van der Waals surface area contributed by atoms with Gasteiger partial charge in [-0.1, -0.05) is 42.1 Å². The minimum Gasteiger partial charge on any atom is -0.378 e. The molecular weight excluding hydrogens is 410 g/mol. The average molecular weight is 434 g/mol. The first kappa shape index (κ1) is 19.8. The van der Waals surface area contributed by atoms with Crippen LogP contribution in [0.25, 0.3) is 16.6 Å². The van der Waals surface area contributed by atoms with Gasteiger partial charge in [-0.15, -0.1) is 10.2 Å². The zero-order valence-electron chi connectivity index (χ0n) is 17.2. The highest BCUT2D eigenvalue weighted by atomic mass is 32.2. The van der Waals surface area contributed by atoms with Crippen LogP contribution in [0.2, 0.25) is 0 Å². The van der Waals surface area contributed by atoms with E-state index in [1.807, 2.05) is 41.0 Å². The number of nitrogens with one attached hydrogen (secondary N) is 1. The molecule has 158 valence electrons. The van der Waals surface area contributed by atoms with Crippen molar-refractivity contribution in [3.05, 3.63) is 65.9 Å². The molecule has 0 saturated carbocycles. The highest BCUT2D eigenvalue weighted by Crippen LogP contribution is 2.29. The number of rotatable bonds is 6. The van der Waals surface area contributed by atoms with E-state index in [9.17, 15) is 4.79 Å². The first-order valence-electron chi connectivity index (χ1n) is 10.3. The van der Waals surface area contributed by atoms with Gasteiger partial charge in [0.1, 0.15) is 0 Å². The lowest BCUT2D eigenvalue weighted by atomic mass is 10.1. The fourth-order valence-electron chi connectivity index (χ4n) is 3.83. The monoisotopic (exact) mass is 433 g/mol. The van der Waals surface area contributed by atoms with Crippen molar-refractivity contribution in [1.29, 1.82) is 0 Å². The van der Waals surface area contributed by atoms with Gasteiger partial charge in [0.15, 0.2) is 10.9 Å². The molecule has 2 aromatic heterocycles. The van der Waals surface area contributed by atoms with Crippen molar-refractivity contribution in [1.82, 2.24) is 19.7 Å². The molecule has 0 radical (unpaired) electrons. The van der Waals surface area contributed by atoms with Gasteiger partial charge in [0, 0.05) is 35.8 Å². The number of ketones is 1. The predicted molar refractivity (Wildman–Crippen MR) is 122 cm³/mol. The molecule has 5 rings (SSSR count). The van der Waals surface area contributed by atoms with Crippen LogP contribution in [0, 0.1) is 6.92 Å². The maximum atomic E-state index is 13.0. The molecule has 0 unspecified atom stereocenters. The van der Waals surface area contributed by atoms with Crippen molar-refractivity contribution in [3.63, 3.8) is 0 Å². The summed E-state index contributed by atoms with van der Waals surface area (Å²) in [6.45, 7) is 4.94. The number of aryl methyl sites for hydroxylation is 1. The molecule has 1 saturated heterocycles. The van der Waals surface area contributed by atoms with Gasteiger partial charge in [-0.2, -0.15) is 0 Å². The van der Waals surface area contributed by atoms with Gasteiger partial charge in [-0.05, 0) is 30.7 Å². The minimum atomic E-state index is 0.0640. The summed E-state index contributed by atoms with van der Waals surface area (Å²) in [4.78, 5) is 18.3. The van der Waals surface area contributed by atoms with E-state index in [1.54, 1.807) is 6.20 Å². The third-order valence-electron chi connectivity index (χ3n) is 5.39. The fraction of sp³-hybridized carbons (Fsp3) is 0.261. The molecule has 1 fully saturated rings. The largest absolute Gasteiger partial charge is 0.378 e. The molecule has 1 N–H and O–H groups in total. The van der Waals surface area contributed by atoms with Gasteiger partial charge >= 0.3 is 0 Å². The molecular formula is C23H23N5O2S. The van der Waals surface area contributed by atoms with Gasteiger partial charge in [-0.25, -0.2) is 0 Å². The molecule has 3 heterocycles. The summed E-state index contributed by atoms with van der Waals surface area (Å²) < 4.78 is 7.54. The number of para-hydroxylation sites is 1. The maximum Gasteiger partial charge on any atom is 0.232 e. The van der Waals surface area contributed by atoms with E-state index in [0.29, 0.717) is 23.9 Å². The molecule has 0 bridgehead atoms. The second-order valence-corrected chi connectivity index (χ2v) is 8.46. The zero-order chi connectivity index (χ0) is 21.2. The predicted octanol–water partition coefficient (Wildman–Crippen LogP) is 3.87. The number of carbonyl (C=O) groups is 1. The summed E-state index contributed by atoms with van der Waals surface area (Å²) in [6, 6.07) is 16.1. The van der Waals surface area contributed by atoms with Crippen LogP contribution in [0.15, 0.2) is 59.9 Å². The number of anilines is 1. The van der Waals surface area contributed by atoms with Gasteiger partial charge in [0.2, 0.25) is 5.95 Å². The number of fused-ring (bicyclic) bond motifs is 1. The average Bonchev–Trinajstić information content (AvgIpc) is 3.42. The number of benzene rings is 2. The lowest BCUT2D eigenvalue weighted by molar-refractivity contribution is 0.102. The SMILES string of the molecule is Cc1cccc(-n2c(SCC(=O)c3c[nH]c4ccccc34)nnc2N2CCOCC2)c1. The number of aromatic amines is 1. The Morgan fingerprint density at radius 2 is 1.97 bits per heavy atom. The van der Waals surface area contributed by atoms with E-state index < -0.39 is 0 Å². The smallest absolute Gasteiger partial charge is 0.232 e. The highest BCUT2D eigenvalue weighted by Gasteiger charge is 2.23. The lowest BCUT2D eigenvalue weighted by Gasteiger charge is -2.28. The molecule has 0 amide bonds. The number of carbonyl (C=O) groups excluding carboxylic acids is 1. The summed E-state index contributed by atoms with van der Waals surface area (Å²) in [7, 11) is 0. The molecule has 8 heteroatoms. The molecule has 0 atom stereocenters. The summed E-state index contributed by atoms with van der Waals surface area (Å²) in [5, 5.41) is 10.6. The third kappa shape index (κ3) is 3.96. The molecule has 0 spiro atoms. The van der Waals surface area contributed by atoms with E-state index in [1.165, 1.54) is 11.8 Å². The van der Waals surface area contributed by atoms with Crippen LogP contribution in [-0.4, -0.2) is 57.6 Å². The Kier molecular flexibility index (Phi) is 5.48. The summed E-state index contributed by atoms with van der Waals surface area (Å²) >= 11 is 1.42. The van der Waals surface area contributed by atoms with Crippen LogP contribution in [-0.2, 0) is 4.74 Å². The van der Waals surface area contributed by atoms with Crippen molar-refractivity contribution in [3.8, 4) is 5.69 Å². The van der Waals surface area contributed by atoms with E-state index in [4.69, 9.17) is 4.74 Å². The number of aromatic nitrogens is 4. The molecule has 1 aliphatic heterocycles. The molecule has 4 aromatic rings. The van der Waals surface area contributed by atoms with Crippen LogP contribution in [0.1, 0.15) is 15.9 Å². The van der Waals surface area contributed by atoms with Gasteiger partial charge in [-0.3, -0.25) is 9.36 Å². The van der Waals surface area contributed by atoms with Crippen LogP contribution >= 0.6 is 11.8 Å². The third-order valence-corrected chi connectivity index (χ3v) is 6.32. The van der Waals surface area contributed by atoms with Crippen LogP contribution in [0.5, 0.6) is 0 Å². The number of ether oxygens (including phenoxy) is 1. The number of Topliss-reactive ketones (excluding diaryl/α,β-unsaturated/α-hetero) is 1. The van der Waals surface area contributed by atoms with E-state index in [0.717, 1.165) is 41.2 Å². The van der Waals surface area contributed by atoms with Crippen LogP contribution in [0.4, 0.5) is 5.95 Å². The van der Waals surface area contributed by atoms with Crippen LogP contribution < -0.4 is 4.90 Å². The minimum absolute atomic E-state index is 0.0640. The molecule has 1 aliphatic rings. The quantitative estimate of drug-likeness (QED) is 0.368. The standard InChI is InChI=1S/C23H23N5O2S/c1-16-5-4-6-17(13-16)28-22(27-9-11-30-12-10-27)25-26-23(28)31-15-21(29)19-14-24-20-8-3-2-7-18(19)20/h2-8,13-14,24H,9-12,15H2,1H3. The number of hydrogen-bond acceptors (Lipinski definition) is 6. The second-order valence-electron chi connectivity index (χ2n) is 7.52. The maximum absolute atomic E-state index is 13.0. The Hall–Kier alpha value is -3.10. The second kappa shape index (κ2) is 8.56. The Morgan fingerprint density at radius 3 is 2.81 bits per heavy atom. The van der Waals surface area contributed by atoms with Gasteiger partial charge in [0.25, 0.3) is 0 Å². The van der Waals surface area contributed by atoms with Crippen molar-refractivity contribution in [2.24, 2.45) is 0 Å². The number of thioether (sulfide) groups is 1. The van der Waals surface area contributed by atoms with E-state index in [-0.39, 0.29) is 11.5 Å². The molecule has 31 heavy (non-hydrogen) atoms. The van der Waals surface area contributed by atoms with Crippen LogP contribution in [0.3, 0.4) is 0 Å². The first-order valence-corrected chi connectivity index (χ1v) is 11.3. The van der Waals surface area contributed by atoms with Gasteiger partial charge < -0.3 is 14.6 Å². The Labute approximate surface area is 184 Å². The van der Waals surface area contributed by atoms with Gasteiger partial charge in [0.05, 0.1) is 24.7 Å². The molecule has 2 aromatic carbocycles. The van der Waals surface area contributed by atoms with Crippen molar-refractivity contribution in [2.75, 3.05) is 37.0 Å². The Morgan fingerprint density at radius 1 is 1.13 bits per heavy atom. The van der Waals surface area contributed by atoms with Crippen molar-refractivity contribution >= 4 is 34.4 Å². The van der Waals surface area contributed by atoms with Crippen molar-refractivity contribution < 1.29 is 9.53 Å². The van der Waals surface area contributed by atoms with Crippen molar-refractivity contribution in [2.45, 2.75) is 12.1 Å². The van der Waals surface area contributed by atoms with E-state index in [2.05, 4.69) is 39.1 Å². The molecule has 0 aliphatic carbocycles. The number of nitrogens with zero attached hydrogens (tertiary/aromatic N) is 4. The zero-order valence-corrected chi connectivity index (χ0v) is 18.1. The lowest BCUT2D eigenvalue weighted by Crippen LogP contribution is -2.37. The topological polar surface area (TPSA) is 76.0 Å². The summed E-state index contributed by atoms with van der Waals surface area (Å²) in [5.74, 6) is 1.14. The first-order chi connectivity index (χ1) is 15.2. The highest BCUT2D eigenvalue weighted by molar-refractivity contribution is 7.99. The Balaban J connectivity index is 1.44. The fourth-order valence-corrected chi connectivity index (χ4v) is 4.66. The van der Waals surface area contributed by atoms with E-state index >= 15 is 0 Å². The summed E-state index contributed by atoms with van der Waals surface area (Å²) in [6.07, 6.45) is 1.79. The number of H-pyrrole nitrogens is 1.